The van der Waals surface area contributed by atoms with E-state index in [4.69, 9.17) is 4.74 Å². The van der Waals surface area contributed by atoms with Crippen LogP contribution < -0.4 is 5.32 Å². The molecule has 0 saturated heterocycles. The molecule has 2 aliphatic carbocycles. The maximum absolute atomic E-state index is 12.8. The van der Waals surface area contributed by atoms with Gasteiger partial charge >= 0.3 is 11.9 Å². The van der Waals surface area contributed by atoms with E-state index in [1.54, 1.807) is 6.92 Å². The number of anilines is 1. The summed E-state index contributed by atoms with van der Waals surface area (Å²) in [7, 11) is 0. The maximum Gasteiger partial charge on any atom is 0.341 e. The van der Waals surface area contributed by atoms with Gasteiger partial charge < -0.3 is 15.2 Å². The summed E-state index contributed by atoms with van der Waals surface area (Å²) in [6.45, 7) is 2.04. The summed E-state index contributed by atoms with van der Waals surface area (Å²) in [4.78, 5) is 37.9. The van der Waals surface area contributed by atoms with Crippen molar-refractivity contribution in [3.05, 3.63) is 16.0 Å². The minimum atomic E-state index is -0.916. The fraction of sp³-hybridized carbons (Fsp3) is 0.632. The van der Waals surface area contributed by atoms with Gasteiger partial charge in [0.25, 0.3) is 0 Å². The summed E-state index contributed by atoms with van der Waals surface area (Å²) in [5, 5.41) is 12.8. The SMILES string of the molecule is CCOC(=O)c1c(NC(=O)[C@H]2CCCC[C@@H]2C(=O)O)sc2c1CCCC2. The highest BCUT2D eigenvalue weighted by Crippen LogP contribution is 2.40. The Hall–Kier alpha value is -1.89. The highest BCUT2D eigenvalue weighted by Gasteiger charge is 2.37. The van der Waals surface area contributed by atoms with Crippen molar-refractivity contribution in [2.45, 2.75) is 58.3 Å². The summed E-state index contributed by atoms with van der Waals surface area (Å²) < 4.78 is 5.20. The van der Waals surface area contributed by atoms with Gasteiger partial charge in [0.1, 0.15) is 5.00 Å². The van der Waals surface area contributed by atoms with Crippen LogP contribution in [0.15, 0.2) is 0 Å². The molecule has 2 N–H and O–H groups in total. The lowest BCUT2D eigenvalue weighted by atomic mass is 9.78. The molecule has 142 valence electrons. The van der Waals surface area contributed by atoms with Crippen LogP contribution in [0.5, 0.6) is 0 Å². The smallest absolute Gasteiger partial charge is 0.341 e. The number of esters is 1. The number of carboxylic acids is 1. The van der Waals surface area contributed by atoms with Crippen LogP contribution in [0, 0.1) is 11.8 Å². The van der Waals surface area contributed by atoms with Gasteiger partial charge in [-0.2, -0.15) is 0 Å². The summed E-state index contributed by atoms with van der Waals surface area (Å²) in [5.41, 5.74) is 1.47. The number of ether oxygens (including phenoxy) is 1. The Balaban J connectivity index is 1.86. The first-order valence-electron chi connectivity index (χ1n) is 9.38. The van der Waals surface area contributed by atoms with Crippen molar-refractivity contribution in [3.8, 4) is 0 Å². The van der Waals surface area contributed by atoms with Crippen LogP contribution in [0.3, 0.4) is 0 Å². The number of carbonyl (C=O) groups excluding carboxylic acids is 2. The van der Waals surface area contributed by atoms with Crippen LogP contribution in [0.2, 0.25) is 0 Å². The van der Waals surface area contributed by atoms with Crippen molar-refractivity contribution in [2.24, 2.45) is 11.8 Å². The largest absolute Gasteiger partial charge is 0.481 e. The Morgan fingerprint density at radius 3 is 2.50 bits per heavy atom. The van der Waals surface area contributed by atoms with Crippen molar-refractivity contribution in [2.75, 3.05) is 11.9 Å². The van der Waals surface area contributed by atoms with E-state index in [9.17, 15) is 19.5 Å². The predicted molar refractivity (Wildman–Crippen MR) is 98.6 cm³/mol. The molecule has 0 spiro atoms. The van der Waals surface area contributed by atoms with Crippen molar-refractivity contribution in [3.63, 3.8) is 0 Å². The van der Waals surface area contributed by atoms with Gasteiger partial charge in [-0.25, -0.2) is 4.79 Å². The Morgan fingerprint density at radius 1 is 1.12 bits per heavy atom. The third-order valence-corrected chi connectivity index (χ3v) is 6.51. The third kappa shape index (κ3) is 3.77. The number of thiophene rings is 1. The molecule has 0 aliphatic heterocycles. The van der Waals surface area contributed by atoms with Crippen molar-refractivity contribution >= 4 is 34.2 Å². The molecular weight excluding hydrogens is 354 g/mol. The van der Waals surface area contributed by atoms with Crippen molar-refractivity contribution in [1.29, 1.82) is 0 Å². The number of amides is 1. The maximum atomic E-state index is 12.8. The molecule has 1 aromatic rings. The zero-order chi connectivity index (χ0) is 18.7. The van der Waals surface area contributed by atoms with E-state index in [0.29, 0.717) is 23.4 Å². The molecular formula is C19H25NO5S. The number of hydrogen-bond donors (Lipinski definition) is 2. The molecule has 1 aromatic heterocycles. The second-order valence-electron chi connectivity index (χ2n) is 6.96. The average Bonchev–Trinajstić information content (AvgIpc) is 2.99. The molecule has 7 heteroatoms. The molecule has 6 nitrogen and oxygen atoms in total. The number of fused-ring (bicyclic) bond motifs is 1. The lowest BCUT2D eigenvalue weighted by molar-refractivity contribution is -0.147. The molecule has 3 rings (SSSR count). The molecule has 1 heterocycles. The average molecular weight is 379 g/mol. The number of aliphatic carboxylic acids is 1. The number of carbonyl (C=O) groups is 3. The van der Waals surface area contributed by atoms with Crippen LogP contribution in [-0.2, 0) is 27.2 Å². The minimum Gasteiger partial charge on any atom is -0.481 e. The molecule has 1 fully saturated rings. The van der Waals surface area contributed by atoms with Crippen LogP contribution in [0.1, 0.15) is 66.2 Å². The molecule has 1 saturated carbocycles. The highest BCUT2D eigenvalue weighted by molar-refractivity contribution is 7.17. The summed E-state index contributed by atoms with van der Waals surface area (Å²) >= 11 is 1.44. The third-order valence-electron chi connectivity index (χ3n) is 5.31. The normalized spacial score (nSPS) is 22.3. The van der Waals surface area contributed by atoms with E-state index >= 15 is 0 Å². The molecule has 2 atom stereocenters. The van der Waals surface area contributed by atoms with Gasteiger partial charge in [0.05, 0.1) is 24.0 Å². The van der Waals surface area contributed by atoms with Gasteiger partial charge in [-0.15, -0.1) is 11.3 Å². The predicted octanol–water partition coefficient (Wildman–Crippen LogP) is 3.63. The lowest BCUT2D eigenvalue weighted by Gasteiger charge is -2.27. The molecule has 0 aromatic carbocycles. The minimum absolute atomic E-state index is 0.278. The monoisotopic (exact) mass is 379 g/mol. The van der Waals surface area contributed by atoms with E-state index in [1.165, 1.54) is 11.3 Å². The zero-order valence-electron chi connectivity index (χ0n) is 15.0. The Morgan fingerprint density at radius 2 is 1.81 bits per heavy atom. The molecule has 1 amide bonds. The van der Waals surface area contributed by atoms with Gasteiger partial charge in [-0.1, -0.05) is 12.8 Å². The van der Waals surface area contributed by atoms with Gasteiger partial charge in [0.15, 0.2) is 0 Å². The summed E-state index contributed by atoms with van der Waals surface area (Å²) in [6.07, 6.45) is 6.61. The zero-order valence-corrected chi connectivity index (χ0v) is 15.8. The number of rotatable bonds is 5. The quantitative estimate of drug-likeness (QED) is 0.762. The second-order valence-corrected chi connectivity index (χ2v) is 8.07. The topological polar surface area (TPSA) is 92.7 Å². The molecule has 0 bridgehead atoms. The Kier molecular flexibility index (Phi) is 5.96. The van der Waals surface area contributed by atoms with Crippen LogP contribution in [0.25, 0.3) is 0 Å². The van der Waals surface area contributed by atoms with Crippen molar-refractivity contribution in [1.82, 2.24) is 0 Å². The fourth-order valence-corrected chi connectivity index (χ4v) is 5.30. The molecule has 0 unspecified atom stereocenters. The van der Waals surface area contributed by atoms with Crippen molar-refractivity contribution < 1.29 is 24.2 Å². The number of hydrogen-bond acceptors (Lipinski definition) is 5. The number of nitrogens with one attached hydrogen (secondary N) is 1. The van der Waals surface area contributed by atoms with Crippen LogP contribution in [-0.4, -0.2) is 29.6 Å². The Bertz CT molecular complexity index is 711. The Labute approximate surface area is 156 Å². The standard InChI is InChI=1S/C19H25NO5S/c1-2-25-19(24)15-13-9-5-6-10-14(13)26-17(15)20-16(21)11-7-3-4-8-12(11)18(22)23/h11-12H,2-10H2,1H3,(H,20,21)(H,22,23)/t11-,12-/m0/s1. The van der Waals surface area contributed by atoms with Gasteiger partial charge in [0, 0.05) is 4.88 Å². The molecule has 2 aliphatic rings. The van der Waals surface area contributed by atoms with E-state index in [0.717, 1.165) is 49.0 Å². The number of aryl methyl sites for hydroxylation is 1. The fourth-order valence-electron chi connectivity index (χ4n) is 4.02. The highest BCUT2D eigenvalue weighted by atomic mass is 32.1. The lowest BCUT2D eigenvalue weighted by Crippen LogP contribution is -2.36. The first kappa shape index (κ1) is 18.9. The van der Waals surface area contributed by atoms with E-state index in [1.807, 2.05) is 0 Å². The van der Waals surface area contributed by atoms with E-state index in [-0.39, 0.29) is 12.5 Å². The molecule has 0 radical (unpaired) electrons. The summed E-state index contributed by atoms with van der Waals surface area (Å²) in [5.74, 6) is -2.80. The second kappa shape index (κ2) is 8.20. The van der Waals surface area contributed by atoms with Crippen LogP contribution >= 0.6 is 11.3 Å². The first-order valence-corrected chi connectivity index (χ1v) is 10.2. The van der Waals surface area contributed by atoms with Crippen LogP contribution in [0.4, 0.5) is 5.00 Å². The summed E-state index contributed by atoms with van der Waals surface area (Å²) in [6, 6.07) is 0. The molecule has 26 heavy (non-hydrogen) atoms. The van der Waals surface area contributed by atoms with Gasteiger partial charge in [-0.3, -0.25) is 9.59 Å². The van der Waals surface area contributed by atoms with Gasteiger partial charge in [0.2, 0.25) is 5.91 Å². The van der Waals surface area contributed by atoms with Gasteiger partial charge in [-0.05, 0) is 51.0 Å². The number of carboxylic acid groups (broad SMARTS) is 1. The first-order chi connectivity index (χ1) is 12.5. The van der Waals surface area contributed by atoms with E-state index < -0.39 is 23.8 Å². The van der Waals surface area contributed by atoms with E-state index in [2.05, 4.69) is 5.32 Å².